The Hall–Kier alpha value is -2.42. The SMILES string of the molecule is N#Cc1ccccc1NN=NCC(N)=O. The number of primary amides is 1. The Labute approximate surface area is 86.4 Å². The zero-order valence-corrected chi connectivity index (χ0v) is 7.84. The number of para-hydroxylation sites is 1. The minimum Gasteiger partial charge on any atom is -0.368 e. The number of carbonyl (C=O) groups is 1. The molecular weight excluding hydrogens is 194 g/mol. The quantitative estimate of drug-likeness (QED) is 0.559. The number of rotatable bonds is 4. The standard InChI is InChI=1S/C9H9N5O/c10-5-7-3-1-2-4-8(7)13-14-12-6-9(11)15/h1-4H,6H2,(H2,11,15)(H,12,13). The van der Waals surface area contributed by atoms with Gasteiger partial charge in [0.15, 0.2) is 0 Å². The number of carbonyl (C=O) groups excluding carboxylic acids is 1. The van der Waals surface area contributed by atoms with Crippen LogP contribution in [0.25, 0.3) is 0 Å². The smallest absolute Gasteiger partial charge is 0.241 e. The molecule has 0 fully saturated rings. The first-order valence-electron chi connectivity index (χ1n) is 4.14. The Morgan fingerprint density at radius 1 is 1.53 bits per heavy atom. The molecule has 0 saturated heterocycles. The third-order valence-electron chi connectivity index (χ3n) is 1.52. The lowest BCUT2D eigenvalue weighted by Crippen LogP contribution is -2.13. The van der Waals surface area contributed by atoms with Gasteiger partial charge in [0.05, 0.1) is 11.3 Å². The topological polar surface area (TPSA) is 104 Å². The average Bonchev–Trinajstić information content (AvgIpc) is 2.24. The van der Waals surface area contributed by atoms with Crippen molar-refractivity contribution in [1.29, 1.82) is 5.26 Å². The van der Waals surface area contributed by atoms with Gasteiger partial charge in [-0.25, -0.2) is 0 Å². The number of anilines is 1. The summed E-state index contributed by atoms with van der Waals surface area (Å²) in [4.78, 5) is 10.3. The molecule has 0 aliphatic rings. The van der Waals surface area contributed by atoms with Gasteiger partial charge < -0.3 is 5.73 Å². The van der Waals surface area contributed by atoms with E-state index in [1.54, 1.807) is 24.3 Å². The molecule has 3 N–H and O–H groups in total. The fraction of sp³-hybridized carbons (Fsp3) is 0.111. The molecular formula is C9H9N5O. The molecule has 6 heteroatoms. The molecule has 15 heavy (non-hydrogen) atoms. The van der Waals surface area contributed by atoms with Crippen LogP contribution in [0.3, 0.4) is 0 Å². The molecule has 0 aliphatic carbocycles. The van der Waals surface area contributed by atoms with E-state index < -0.39 is 5.91 Å². The number of nitrogens with zero attached hydrogens (tertiary/aromatic N) is 3. The van der Waals surface area contributed by atoms with Gasteiger partial charge in [0.2, 0.25) is 5.91 Å². The molecule has 1 aromatic rings. The lowest BCUT2D eigenvalue weighted by molar-refractivity contribution is -0.116. The fourth-order valence-corrected chi connectivity index (χ4v) is 0.872. The van der Waals surface area contributed by atoms with E-state index in [2.05, 4.69) is 15.8 Å². The fourth-order valence-electron chi connectivity index (χ4n) is 0.872. The van der Waals surface area contributed by atoms with Gasteiger partial charge in [0.1, 0.15) is 12.6 Å². The van der Waals surface area contributed by atoms with Crippen LogP contribution in [0.5, 0.6) is 0 Å². The molecule has 0 spiro atoms. The van der Waals surface area contributed by atoms with Crippen LogP contribution in [-0.2, 0) is 4.79 Å². The van der Waals surface area contributed by atoms with Gasteiger partial charge >= 0.3 is 0 Å². The summed E-state index contributed by atoms with van der Waals surface area (Å²) in [5.74, 6) is -0.561. The van der Waals surface area contributed by atoms with Crippen molar-refractivity contribution in [2.45, 2.75) is 0 Å². The van der Waals surface area contributed by atoms with Crippen LogP contribution >= 0.6 is 0 Å². The van der Waals surface area contributed by atoms with Crippen molar-refractivity contribution in [2.75, 3.05) is 12.0 Å². The van der Waals surface area contributed by atoms with E-state index in [0.717, 1.165) is 0 Å². The third kappa shape index (κ3) is 3.44. The molecule has 0 bridgehead atoms. The molecule has 0 aliphatic heterocycles. The van der Waals surface area contributed by atoms with Crippen molar-refractivity contribution in [3.05, 3.63) is 29.8 Å². The zero-order valence-electron chi connectivity index (χ0n) is 7.84. The molecule has 76 valence electrons. The van der Waals surface area contributed by atoms with E-state index >= 15 is 0 Å². The summed E-state index contributed by atoms with van der Waals surface area (Å²) in [6.07, 6.45) is 0. The molecule has 1 amide bonds. The summed E-state index contributed by atoms with van der Waals surface area (Å²) in [6.45, 7) is -0.179. The molecule has 0 radical (unpaired) electrons. The Morgan fingerprint density at radius 3 is 2.93 bits per heavy atom. The van der Waals surface area contributed by atoms with Gasteiger partial charge in [-0.15, -0.1) is 0 Å². The van der Waals surface area contributed by atoms with Crippen molar-refractivity contribution in [2.24, 2.45) is 16.1 Å². The molecule has 0 heterocycles. The van der Waals surface area contributed by atoms with Gasteiger partial charge in [-0.2, -0.15) is 10.4 Å². The lowest BCUT2D eigenvalue weighted by atomic mass is 10.2. The van der Waals surface area contributed by atoms with Crippen LogP contribution in [0.1, 0.15) is 5.56 Å². The van der Waals surface area contributed by atoms with E-state index in [0.29, 0.717) is 11.3 Å². The highest BCUT2D eigenvalue weighted by atomic mass is 16.1. The number of hydrogen-bond acceptors (Lipinski definition) is 4. The van der Waals surface area contributed by atoms with Gasteiger partial charge in [-0.1, -0.05) is 17.4 Å². The normalized spacial score (nSPS) is 9.80. The highest BCUT2D eigenvalue weighted by Gasteiger charge is 1.97. The molecule has 0 aromatic heterocycles. The number of nitrogens with two attached hydrogens (primary N) is 1. The van der Waals surface area contributed by atoms with Crippen LogP contribution < -0.4 is 11.2 Å². The number of nitrogens with one attached hydrogen (secondary N) is 1. The Bertz CT molecular complexity index is 421. The van der Waals surface area contributed by atoms with E-state index in [4.69, 9.17) is 11.0 Å². The summed E-state index contributed by atoms with van der Waals surface area (Å²) in [5.41, 5.74) is 8.39. The van der Waals surface area contributed by atoms with Crippen LogP contribution in [0.2, 0.25) is 0 Å². The molecule has 6 nitrogen and oxygen atoms in total. The highest BCUT2D eigenvalue weighted by molar-refractivity contribution is 5.75. The van der Waals surface area contributed by atoms with Crippen molar-refractivity contribution < 1.29 is 4.79 Å². The second-order valence-electron chi connectivity index (χ2n) is 2.64. The maximum atomic E-state index is 10.3. The minimum atomic E-state index is -0.561. The van der Waals surface area contributed by atoms with Crippen LogP contribution in [0, 0.1) is 11.3 Å². The Kier molecular flexibility index (Phi) is 3.79. The number of amides is 1. The Balaban J connectivity index is 2.62. The number of hydrogen-bond donors (Lipinski definition) is 2. The first-order chi connectivity index (χ1) is 7.24. The Morgan fingerprint density at radius 2 is 2.27 bits per heavy atom. The summed E-state index contributed by atoms with van der Waals surface area (Å²) in [7, 11) is 0. The lowest BCUT2D eigenvalue weighted by Gasteiger charge is -1.99. The van der Waals surface area contributed by atoms with Crippen LogP contribution in [-0.4, -0.2) is 12.5 Å². The third-order valence-corrected chi connectivity index (χ3v) is 1.52. The predicted octanol–water partition coefficient (Wildman–Crippen LogP) is 0.823. The van der Waals surface area contributed by atoms with Crippen LogP contribution in [0.15, 0.2) is 34.6 Å². The summed E-state index contributed by atoms with van der Waals surface area (Å²) >= 11 is 0. The van der Waals surface area contributed by atoms with Gasteiger partial charge in [0, 0.05) is 0 Å². The van der Waals surface area contributed by atoms with Crippen molar-refractivity contribution in [3.63, 3.8) is 0 Å². The van der Waals surface area contributed by atoms with Gasteiger partial charge in [-0.3, -0.25) is 10.2 Å². The molecule has 1 aromatic carbocycles. The van der Waals surface area contributed by atoms with E-state index in [-0.39, 0.29) is 6.54 Å². The minimum absolute atomic E-state index is 0.179. The predicted molar refractivity (Wildman–Crippen MR) is 53.7 cm³/mol. The second kappa shape index (κ2) is 5.34. The monoisotopic (exact) mass is 203 g/mol. The number of nitriles is 1. The zero-order chi connectivity index (χ0) is 11.1. The summed E-state index contributed by atoms with van der Waals surface area (Å²) in [6, 6.07) is 8.81. The van der Waals surface area contributed by atoms with Crippen molar-refractivity contribution in [3.8, 4) is 6.07 Å². The molecule has 1 rings (SSSR count). The first kappa shape index (κ1) is 10.7. The van der Waals surface area contributed by atoms with Crippen molar-refractivity contribution in [1.82, 2.24) is 0 Å². The van der Waals surface area contributed by atoms with Crippen LogP contribution in [0.4, 0.5) is 5.69 Å². The summed E-state index contributed by atoms with van der Waals surface area (Å²) < 4.78 is 0. The van der Waals surface area contributed by atoms with Gasteiger partial charge in [-0.05, 0) is 12.1 Å². The highest BCUT2D eigenvalue weighted by Crippen LogP contribution is 2.12. The maximum absolute atomic E-state index is 10.3. The number of benzene rings is 1. The largest absolute Gasteiger partial charge is 0.368 e. The molecule has 0 atom stereocenters. The van der Waals surface area contributed by atoms with Gasteiger partial charge in [0.25, 0.3) is 0 Å². The summed E-state index contributed by atoms with van der Waals surface area (Å²) in [5, 5.41) is 15.7. The van der Waals surface area contributed by atoms with E-state index in [1.165, 1.54) is 0 Å². The second-order valence-corrected chi connectivity index (χ2v) is 2.64. The van der Waals surface area contributed by atoms with E-state index in [9.17, 15) is 4.79 Å². The first-order valence-corrected chi connectivity index (χ1v) is 4.14. The van der Waals surface area contributed by atoms with E-state index in [1.807, 2.05) is 6.07 Å². The van der Waals surface area contributed by atoms with Crippen molar-refractivity contribution >= 4 is 11.6 Å². The maximum Gasteiger partial charge on any atom is 0.241 e. The molecule has 0 saturated carbocycles. The average molecular weight is 203 g/mol. The molecule has 0 unspecified atom stereocenters.